The van der Waals surface area contributed by atoms with Gasteiger partial charge in [0, 0.05) is 24.0 Å². The van der Waals surface area contributed by atoms with Gasteiger partial charge in [0.15, 0.2) is 15.0 Å². The van der Waals surface area contributed by atoms with E-state index < -0.39 is 9.84 Å². The summed E-state index contributed by atoms with van der Waals surface area (Å²) in [5.41, 5.74) is 1.21. The molecule has 1 saturated heterocycles. The first-order valence-corrected chi connectivity index (χ1v) is 10.3. The smallest absolute Gasteiger partial charge is 0.185 e. The zero-order valence-corrected chi connectivity index (χ0v) is 14.3. The van der Waals surface area contributed by atoms with Gasteiger partial charge in [-0.15, -0.1) is 0 Å². The Labute approximate surface area is 130 Å². The lowest BCUT2D eigenvalue weighted by Gasteiger charge is -2.22. The SMILES string of the molecule is CCNC1CCCc2nc(N(C)C3CCS(=O)(=O)C3)sc21. The number of anilines is 1. The summed E-state index contributed by atoms with van der Waals surface area (Å²) in [5.74, 6) is 0.581. The predicted molar refractivity (Wildman–Crippen MR) is 86.9 cm³/mol. The van der Waals surface area contributed by atoms with Crippen LogP contribution in [0.5, 0.6) is 0 Å². The third-order valence-corrected chi connectivity index (χ3v) is 7.50. The maximum Gasteiger partial charge on any atom is 0.185 e. The molecule has 3 rings (SSSR count). The lowest BCUT2D eigenvalue weighted by molar-refractivity contribution is 0.476. The Hall–Kier alpha value is -0.660. The number of nitrogens with one attached hydrogen (secondary N) is 1. The molecule has 118 valence electrons. The molecule has 0 spiro atoms. The lowest BCUT2D eigenvalue weighted by Crippen LogP contribution is -2.32. The van der Waals surface area contributed by atoms with Crippen molar-refractivity contribution in [2.45, 2.75) is 44.7 Å². The Kier molecular flexibility index (Phi) is 4.25. The predicted octanol–water partition coefficient (Wildman–Crippen LogP) is 1.75. The quantitative estimate of drug-likeness (QED) is 0.912. The van der Waals surface area contributed by atoms with Crippen LogP contribution in [-0.2, 0) is 16.3 Å². The maximum absolute atomic E-state index is 11.7. The molecule has 2 aliphatic rings. The van der Waals surface area contributed by atoms with Gasteiger partial charge in [-0.1, -0.05) is 18.3 Å². The molecule has 1 aromatic rings. The monoisotopic (exact) mass is 329 g/mol. The van der Waals surface area contributed by atoms with Crippen LogP contribution in [0.15, 0.2) is 0 Å². The third-order valence-electron chi connectivity index (χ3n) is 4.45. The van der Waals surface area contributed by atoms with E-state index in [9.17, 15) is 8.42 Å². The Balaban J connectivity index is 1.81. The number of rotatable bonds is 4. The summed E-state index contributed by atoms with van der Waals surface area (Å²) in [6.45, 7) is 3.10. The molecule has 0 amide bonds. The van der Waals surface area contributed by atoms with Crippen LogP contribution in [0.25, 0.3) is 0 Å². The van der Waals surface area contributed by atoms with E-state index >= 15 is 0 Å². The van der Waals surface area contributed by atoms with E-state index in [4.69, 9.17) is 4.98 Å². The molecule has 1 N–H and O–H groups in total. The van der Waals surface area contributed by atoms with Crippen LogP contribution in [0.4, 0.5) is 5.13 Å². The van der Waals surface area contributed by atoms with E-state index in [0.717, 1.165) is 24.5 Å². The van der Waals surface area contributed by atoms with Gasteiger partial charge in [0.2, 0.25) is 0 Å². The standard InChI is InChI=1S/C14H23N3O2S2/c1-3-15-11-5-4-6-12-13(11)20-14(16-12)17(2)10-7-8-21(18,19)9-10/h10-11,15H,3-9H2,1-2H3. The third kappa shape index (κ3) is 3.10. The second-order valence-corrected chi connectivity index (χ2v) is 9.22. The minimum absolute atomic E-state index is 0.0835. The zero-order valence-electron chi connectivity index (χ0n) is 12.6. The first kappa shape index (κ1) is 15.2. The highest BCUT2D eigenvalue weighted by Gasteiger charge is 2.33. The van der Waals surface area contributed by atoms with Gasteiger partial charge in [0.1, 0.15) is 0 Å². The van der Waals surface area contributed by atoms with Crippen LogP contribution in [0.3, 0.4) is 0 Å². The highest BCUT2D eigenvalue weighted by molar-refractivity contribution is 7.91. The molecule has 7 heteroatoms. The highest BCUT2D eigenvalue weighted by atomic mass is 32.2. The van der Waals surface area contributed by atoms with E-state index in [1.165, 1.54) is 23.4 Å². The Morgan fingerprint density at radius 2 is 2.24 bits per heavy atom. The molecular weight excluding hydrogens is 306 g/mol. The first-order valence-electron chi connectivity index (χ1n) is 7.66. The molecule has 1 aliphatic carbocycles. The molecule has 21 heavy (non-hydrogen) atoms. The summed E-state index contributed by atoms with van der Waals surface area (Å²) in [4.78, 5) is 8.22. The Morgan fingerprint density at radius 3 is 2.90 bits per heavy atom. The molecule has 0 aromatic carbocycles. The number of aromatic nitrogens is 1. The lowest BCUT2D eigenvalue weighted by atomic mass is 9.98. The molecule has 1 aromatic heterocycles. The maximum atomic E-state index is 11.7. The van der Waals surface area contributed by atoms with Gasteiger partial charge in [-0.25, -0.2) is 13.4 Å². The van der Waals surface area contributed by atoms with Gasteiger partial charge in [0.05, 0.1) is 17.2 Å². The molecule has 2 atom stereocenters. The van der Waals surface area contributed by atoms with Crippen molar-refractivity contribution in [2.24, 2.45) is 0 Å². The van der Waals surface area contributed by atoms with E-state index in [0.29, 0.717) is 11.8 Å². The van der Waals surface area contributed by atoms with Crippen molar-refractivity contribution in [3.63, 3.8) is 0 Å². The molecular formula is C14H23N3O2S2. The summed E-state index contributed by atoms with van der Waals surface area (Å²) >= 11 is 1.74. The van der Waals surface area contributed by atoms with Crippen molar-refractivity contribution in [3.8, 4) is 0 Å². The van der Waals surface area contributed by atoms with E-state index in [-0.39, 0.29) is 11.8 Å². The molecule has 2 heterocycles. The largest absolute Gasteiger partial charge is 0.347 e. The zero-order chi connectivity index (χ0) is 15.0. The normalized spacial score (nSPS) is 27.5. The number of hydrogen-bond acceptors (Lipinski definition) is 6. The second kappa shape index (κ2) is 5.85. The molecule has 5 nitrogen and oxygen atoms in total. The molecule has 0 radical (unpaired) electrons. The van der Waals surface area contributed by atoms with E-state index in [2.05, 4.69) is 17.1 Å². The van der Waals surface area contributed by atoms with Crippen LogP contribution in [0.2, 0.25) is 0 Å². The van der Waals surface area contributed by atoms with Crippen LogP contribution >= 0.6 is 11.3 Å². The number of nitrogens with zero attached hydrogens (tertiary/aromatic N) is 2. The van der Waals surface area contributed by atoms with Gasteiger partial charge >= 0.3 is 0 Å². The van der Waals surface area contributed by atoms with E-state index in [1.807, 2.05) is 7.05 Å². The fourth-order valence-electron chi connectivity index (χ4n) is 3.24. The van der Waals surface area contributed by atoms with Crippen molar-refractivity contribution in [3.05, 3.63) is 10.6 Å². The van der Waals surface area contributed by atoms with Gasteiger partial charge in [-0.05, 0) is 32.2 Å². The highest BCUT2D eigenvalue weighted by Crippen LogP contribution is 2.38. The van der Waals surface area contributed by atoms with Crippen LogP contribution < -0.4 is 10.2 Å². The van der Waals surface area contributed by atoms with Crippen molar-refractivity contribution < 1.29 is 8.42 Å². The van der Waals surface area contributed by atoms with Crippen LogP contribution in [0, 0.1) is 0 Å². The average Bonchev–Trinajstić information content (AvgIpc) is 3.02. The van der Waals surface area contributed by atoms with Gasteiger partial charge < -0.3 is 10.2 Å². The molecule has 1 aliphatic heterocycles. The van der Waals surface area contributed by atoms with Gasteiger partial charge in [-0.2, -0.15) is 0 Å². The second-order valence-electron chi connectivity index (χ2n) is 5.98. The van der Waals surface area contributed by atoms with Gasteiger partial charge in [0.25, 0.3) is 0 Å². The summed E-state index contributed by atoms with van der Waals surface area (Å²) in [7, 11) is -0.863. The Morgan fingerprint density at radius 1 is 1.43 bits per heavy atom. The number of sulfone groups is 1. The molecule has 0 bridgehead atoms. The minimum Gasteiger partial charge on any atom is -0.347 e. The van der Waals surface area contributed by atoms with Gasteiger partial charge in [-0.3, -0.25) is 0 Å². The molecule has 0 saturated carbocycles. The van der Waals surface area contributed by atoms with Crippen LogP contribution in [0.1, 0.15) is 42.8 Å². The Bertz CT molecular complexity index is 612. The van der Waals surface area contributed by atoms with Crippen molar-refractivity contribution >= 4 is 26.3 Å². The summed E-state index contributed by atoms with van der Waals surface area (Å²) in [5, 5.41) is 4.51. The van der Waals surface area contributed by atoms with Crippen LogP contribution in [-0.4, -0.2) is 44.5 Å². The first-order chi connectivity index (χ1) is 10.00. The fraction of sp³-hybridized carbons (Fsp3) is 0.786. The number of thiazole rings is 1. The van der Waals surface area contributed by atoms with E-state index in [1.54, 1.807) is 11.3 Å². The van der Waals surface area contributed by atoms with Crippen molar-refractivity contribution in [1.29, 1.82) is 0 Å². The van der Waals surface area contributed by atoms with Crippen molar-refractivity contribution in [2.75, 3.05) is 30.0 Å². The number of hydrogen-bond donors (Lipinski definition) is 1. The fourth-order valence-corrected chi connectivity index (χ4v) is 6.26. The van der Waals surface area contributed by atoms with Crippen molar-refractivity contribution in [1.82, 2.24) is 10.3 Å². The minimum atomic E-state index is -2.85. The topological polar surface area (TPSA) is 62.3 Å². The molecule has 1 fully saturated rings. The molecule has 2 unspecified atom stereocenters. The number of fused-ring (bicyclic) bond motifs is 1. The summed E-state index contributed by atoms with van der Waals surface area (Å²) < 4.78 is 23.3. The summed E-state index contributed by atoms with van der Waals surface area (Å²) in [6.07, 6.45) is 4.11. The number of aryl methyl sites for hydroxylation is 1. The summed E-state index contributed by atoms with van der Waals surface area (Å²) in [6, 6.07) is 0.505. The average molecular weight is 329 g/mol.